The van der Waals surface area contributed by atoms with Crippen LogP contribution >= 0.6 is 0 Å². The van der Waals surface area contributed by atoms with E-state index < -0.39 is 24.6 Å². The van der Waals surface area contributed by atoms with E-state index in [9.17, 15) is 9.59 Å². The van der Waals surface area contributed by atoms with Gasteiger partial charge in [0, 0.05) is 0 Å². The Balaban J connectivity index is 2.33. The van der Waals surface area contributed by atoms with Gasteiger partial charge in [0.1, 0.15) is 0 Å². The van der Waals surface area contributed by atoms with E-state index in [4.69, 9.17) is 10.2 Å². The summed E-state index contributed by atoms with van der Waals surface area (Å²) >= 11 is 0. The van der Waals surface area contributed by atoms with E-state index in [0.29, 0.717) is 0 Å². The minimum atomic E-state index is -1.34. The van der Waals surface area contributed by atoms with Crippen LogP contribution in [0.5, 0.6) is 0 Å². The van der Waals surface area contributed by atoms with Gasteiger partial charge in [0.15, 0.2) is 11.9 Å². The van der Waals surface area contributed by atoms with Crippen molar-refractivity contribution >= 4 is 12.0 Å². The molecule has 9 nitrogen and oxygen atoms in total. The molecule has 0 aliphatic carbocycles. The van der Waals surface area contributed by atoms with E-state index in [1.165, 1.54) is 0 Å². The first-order valence-corrected chi connectivity index (χ1v) is 4.26. The maximum atomic E-state index is 11.1. The number of hydrogen-bond donors (Lipinski definition) is 4. The largest absolute Gasteiger partial charge is 0.480 e. The van der Waals surface area contributed by atoms with Crippen molar-refractivity contribution in [3.05, 3.63) is 12.2 Å². The van der Waals surface area contributed by atoms with Gasteiger partial charge in [0.05, 0.1) is 13.2 Å². The Morgan fingerprint density at radius 3 is 2.81 bits per heavy atom. The van der Waals surface area contributed by atoms with Gasteiger partial charge in [0.25, 0.3) is 0 Å². The van der Waals surface area contributed by atoms with Gasteiger partial charge in [-0.1, -0.05) is 5.16 Å². The minimum Gasteiger partial charge on any atom is -0.480 e. The predicted octanol–water partition coefficient (Wildman–Crippen LogP) is -1.69. The topological polar surface area (TPSA) is 138 Å². The van der Waals surface area contributed by atoms with Crippen molar-refractivity contribution in [2.24, 2.45) is 0 Å². The number of carbonyl (C=O) groups excluding carboxylic acids is 1. The number of hydrogen-bond acceptors (Lipinski definition) is 6. The van der Waals surface area contributed by atoms with Gasteiger partial charge in [-0.3, -0.25) is 0 Å². The zero-order valence-electron chi connectivity index (χ0n) is 8.08. The number of aliphatic carboxylic acids is 1. The Labute approximate surface area is 89.5 Å². The fourth-order valence-corrected chi connectivity index (χ4v) is 0.824. The number of amides is 2. The Bertz CT molecular complexity index is 352. The lowest BCUT2D eigenvalue weighted by Gasteiger charge is -2.11. The molecule has 1 atom stereocenters. The van der Waals surface area contributed by atoms with Crippen molar-refractivity contribution in [1.29, 1.82) is 0 Å². The summed E-state index contributed by atoms with van der Waals surface area (Å²) in [7, 11) is 0. The summed E-state index contributed by atoms with van der Waals surface area (Å²) in [6, 6.07) is -2.09. The Morgan fingerprint density at radius 1 is 1.56 bits per heavy atom. The van der Waals surface area contributed by atoms with Crippen molar-refractivity contribution in [2.45, 2.75) is 12.6 Å². The molecule has 0 unspecified atom stereocenters. The highest BCUT2D eigenvalue weighted by Gasteiger charge is 2.18. The van der Waals surface area contributed by atoms with Crippen LogP contribution in [-0.4, -0.2) is 45.0 Å². The van der Waals surface area contributed by atoms with E-state index in [1.54, 1.807) is 0 Å². The third-order valence-electron chi connectivity index (χ3n) is 1.60. The van der Waals surface area contributed by atoms with Crippen LogP contribution in [0.15, 0.2) is 10.9 Å². The monoisotopic (exact) mass is 230 g/mol. The van der Waals surface area contributed by atoms with Gasteiger partial charge in [-0.15, -0.1) is 0 Å². The number of aliphatic hydroxyl groups is 1. The number of aliphatic hydroxyl groups excluding tert-OH is 1. The lowest BCUT2D eigenvalue weighted by molar-refractivity contribution is -0.140. The van der Waals surface area contributed by atoms with Crippen molar-refractivity contribution in [3.63, 3.8) is 0 Å². The van der Waals surface area contributed by atoms with Crippen LogP contribution in [0.1, 0.15) is 5.82 Å². The highest BCUT2D eigenvalue weighted by atomic mass is 16.5. The molecule has 0 saturated carbocycles. The third-order valence-corrected chi connectivity index (χ3v) is 1.60. The van der Waals surface area contributed by atoms with E-state index in [0.717, 1.165) is 6.39 Å². The van der Waals surface area contributed by atoms with E-state index in [1.807, 2.05) is 5.32 Å². The van der Waals surface area contributed by atoms with Crippen LogP contribution < -0.4 is 10.6 Å². The lowest BCUT2D eigenvalue weighted by Crippen LogP contribution is -2.47. The van der Waals surface area contributed by atoms with E-state index in [-0.39, 0.29) is 12.4 Å². The van der Waals surface area contributed by atoms with Crippen molar-refractivity contribution in [2.75, 3.05) is 6.61 Å². The summed E-state index contributed by atoms with van der Waals surface area (Å²) in [6.45, 7) is -0.689. The number of rotatable bonds is 5. The fourth-order valence-electron chi connectivity index (χ4n) is 0.824. The number of carboxylic acids is 1. The predicted molar refractivity (Wildman–Crippen MR) is 48.2 cm³/mol. The summed E-state index contributed by atoms with van der Waals surface area (Å²) < 4.78 is 4.42. The van der Waals surface area contributed by atoms with Gasteiger partial charge in [0.2, 0.25) is 6.39 Å². The third kappa shape index (κ3) is 3.53. The minimum absolute atomic E-state index is 0.000100. The fraction of sp³-hybridized carbons (Fsp3) is 0.429. The first-order valence-electron chi connectivity index (χ1n) is 4.26. The number of carboxylic acid groups (broad SMARTS) is 1. The molecule has 2 amide bonds. The molecule has 1 aromatic heterocycles. The Morgan fingerprint density at radius 2 is 2.31 bits per heavy atom. The molecule has 0 aliphatic heterocycles. The normalized spacial score (nSPS) is 11.8. The van der Waals surface area contributed by atoms with Crippen molar-refractivity contribution in [1.82, 2.24) is 20.8 Å². The quantitative estimate of drug-likeness (QED) is 0.473. The van der Waals surface area contributed by atoms with Gasteiger partial charge >= 0.3 is 12.0 Å². The van der Waals surface area contributed by atoms with Crippen LogP contribution in [0.3, 0.4) is 0 Å². The summed E-state index contributed by atoms with van der Waals surface area (Å²) in [5, 5.41) is 24.9. The van der Waals surface area contributed by atoms with E-state index >= 15 is 0 Å². The molecular weight excluding hydrogens is 220 g/mol. The van der Waals surface area contributed by atoms with Crippen LogP contribution in [0.2, 0.25) is 0 Å². The highest BCUT2D eigenvalue weighted by Crippen LogP contribution is 1.87. The Hall–Kier alpha value is -2.16. The molecule has 0 spiro atoms. The Kier molecular flexibility index (Phi) is 4.21. The maximum absolute atomic E-state index is 11.1. The summed E-state index contributed by atoms with van der Waals surface area (Å²) in [6.07, 6.45) is 1.10. The SMILES string of the molecule is O=C(NCc1ncon1)N[C@@H](CO)C(=O)O. The number of urea groups is 1. The van der Waals surface area contributed by atoms with Crippen LogP contribution in [0.25, 0.3) is 0 Å². The van der Waals surface area contributed by atoms with Gasteiger partial charge in [-0.2, -0.15) is 4.98 Å². The maximum Gasteiger partial charge on any atom is 0.328 e. The second kappa shape index (κ2) is 5.66. The highest BCUT2D eigenvalue weighted by molar-refractivity contribution is 5.82. The van der Waals surface area contributed by atoms with Gasteiger partial charge < -0.3 is 25.4 Å². The number of nitrogens with zero attached hydrogens (tertiary/aromatic N) is 2. The average Bonchev–Trinajstić information content (AvgIpc) is 2.75. The van der Waals surface area contributed by atoms with Crippen LogP contribution in [0.4, 0.5) is 4.79 Å². The van der Waals surface area contributed by atoms with Crippen LogP contribution in [0, 0.1) is 0 Å². The summed E-state index contributed by atoms with van der Waals surface area (Å²) in [5.41, 5.74) is 0. The molecule has 0 fully saturated rings. The molecule has 0 radical (unpaired) electrons. The summed E-state index contributed by atoms with van der Waals surface area (Å²) in [4.78, 5) is 25.2. The molecule has 0 aliphatic rings. The molecule has 1 heterocycles. The number of aromatic nitrogens is 2. The zero-order valence-corrected chi connectivity index (χ0v) is 8.08. The molecule has 9 heteroatoms. The summed E-state index contributed by atoms with van der Waals surface area (Å²) in [5.74, 6) is -1.07. The molecular formula is C7H10N4O5. The van der Waals surface area contributed by atoms with E-state index in [2.05, 4.69) is 20.0 Å². The van der Waals surface area contributed by atoms with Gasteiger partial charge in [-0.05, 0) is 0 Å². The molecule has 0 bridgehead atoms. The molecule has 1 rings (SSSR count). The molecule has 88 valence electrons. The molecule has 0 saturated heterocycles. The van der Waals surface area contributed by atoms with Crippen LogP contribution in [-0.2, 0) is 11.3 Å². The average molecular weight is 230 g/mol. The second-order valence-corrected chi connectivity index (χ2v) is 2.75. The molecule has 16 heavy (non-hydrogen) atoms. The van der Waals surface area contributed by atoms with Crippen molar-refractivity contribution < 1.29 is 24.3 Å². The first-order chi connectivity index (χ1) is 7.63. The van der Waals surface area contributed by atoms with Gasteiger partial charge in [-0.25, -0.2) is 9.59 Å². The number of carbonyl (C=O) groups is 2. The van der Waals surface area contributed by atoms with Crippen molar-refractivity contribution in [3.8, 4) is 0 Å². The molecule has 0 aromatic carbocycles. The molecule has 4 N–H and O–H groups in total. The standard InChI is InChI=1S/C7H10N4O5/c12-2-4(6(13)14)10-7(15)8-1-5-9-3-16-11-5/h3-4,12H,1-2H2,(H,13,14)(H2,8,10,15)/t4-/m0/s1. The zero-order chi connectivity index (χ0) is 12.0. The second-order valence-electron chi connectivity index (χ2n) is 2.75. The molecule has 1 aromatic rings. The lowest BCUT2D eigenvalue weighted by atomic mass is 10.3. The number of nitrogens with one attached hydrogen (secondary N) is 2. The smallest absolute Gasteiger partial charge is 0.328 e. The first kappa shape index (κ1) is 11.9.